The fourth-order valence-electron chi connectivity index (χ4n) is 3.21. The van der Waals surface area contributed by atoms with Gasteiger partial charge in [-0.15, -0.1) is 0 Å². The molecule has 1 fully saturated rings. The predicted octanol–water partition coefficient (Wildman–Crippen LogP) is 2.01. The number of benzene rings is 1. The van der Waals surface area contributed by atoms with Crippen molar-refractivity contribution >= 4 is 17.4 Å². The average Bonchev–Trinajstić information content (AvgIpc) is 3.03. The van der Waals surface area contributed by atoms with Gasteiger partial charge in [-0.1, -0.05) is 12.1 Å². The van der Waals surface area contributed by atoms with E-state index in [-0.39, 0.29) is 11.7 Å². The lowest BCUT2D eigenvalue weighted by Crippen LogP contribution is -2.33. The Hall–Kier alpha value is -1.68. The lowest BCUT2D eigenvalue weighted by atomic mass is 10.1. The van der Waals surface area contributed by atoms with E-state index in [0.717, 1.165) is 24.2 Å². The van der Waals surface area contributed by atoms with E-state index in [0.29, 0.717) is 12.1 Å². The zero-order chi connectivity index (χ0) is 14.1. The van der Waals surface area contributed by atoms with Gasteiger partial charge >= 0.3 is 0 Å². The summed E-state index contributed by atoms with van der Waals surface area (Å²) in [7, 11) is 0. The van der Waals surface area contributed by atoms with Crippen molar-refractivity contribution in [1.82, 2.24) is 4.90 Å². The highest BCUT2D eigenvalue weighted by Crippen LogP contribution is 2.32. The molecule has 3 rings (SSSR count). The molecule has 0 bridgehead atoms. The summed E-state index contributed by atoms with van der Waals surface area (Å²) < 4.78 is 0. The summed E-state index contributed by atoms with van der Waals surface area (Å²) in [6, 6.07) is 5.55. The maximum absolute atomic E-state index is 12.1. The number of carbonyl (C=O) groups is 2. The quantitative estimate of drug-likeness (QED) is 0.787. The van der Waals surface area contributed by atoms with Gasteiger partial charge in [-0.2, -0.15) is 0 Å². The molecule has 0 aromatic heterocycles. The zero-order valence-electron chi connectivity index (χ0n) is 11.9. The first-order chi connectivity index (χ1) is 9.68. The van der Waals surface area contributed by atoms with E-state index in [9.17, 15) is 9.59 Å². The van der Waals surface area contributed by atoms with Crippen LogP contribution in [0.3, 0.4) is 0 Å². The van der Waals surface area contributed by atoms with Crippen molar-refractivity contribution < 1.29 is 9.59 Å². The van der Waals surface area contributed by atoms with Gasteiger partial charge in [0.05, 0.1) is 11.3 Å². The first-order valence-corrected chi connectivity index (χ1v) is 7.36. The third-order valence-corrected chi connectivity index (χ3v) is 4.25. The predicted molar refractivity (Wildman–Crippen MR) is 78.2 cm³/mol. The number of rotatable bonds is 4. The first kappa shape index (κ1) is 13.3. The summed E-state index contributed by atoms with van der Waals surface area (Å²) in [4.78, 5) is 28.2. The Bertz CT molecular complexity index is 547. The summed E-state index contributed by atoms with van der Waals surface area (Å²) >= 11 is 0. The van der Waals surface area contributed by atoms with E-state index < -0.39 is 0 Å². The molecular formula is C16H20N2O2. The number of hydrogen-bond acceptors (Lipinski definition) is 3. The summed E-state index contributed by atoms with van der Waals surface area (Å²) in [5, 5.41) is 0. The van der Waals surface area contributed by atoms with Crippen molar-refractivity contribution in [3.8, 4) is 0 Å². The number of Topliss-reactive ketones (excluding diaryl/α,β-unsaturated/α-hetero) is 1. The van der Waals surface area contributed by atoms with Gasteiger partial charge in [-0.05, 0) is 57.5 Å². The molecule has 4 heteroatoms. The number of fused-ring (bicyclic) bond motifs is 1. The molecule has 1 aromatic carbocycles. The van der Waals surface area contributed by atoms with Crippen LogP contribution in [0.5, 0.6) is 0 Å². The molecule has 2 aliphatic rings. The number of aryl methyl sites for hydroxylation is 1. The highest BCUT2D eigenvalue weighted by molar-refractivity contribution is 6.52. The maximum Gasteiger partial charge on any atom is 0.299 e. The van der Waals surface area contributed by atoms with Gasteiger partial charge in [0, 0.05) is 6.54 Å². The molecule has 106 valence electrons. The van der Waals surface area contributed by atoms with E-state index in [1.165, 1.54) is 25.9 Å². The summed E-state index contributed by atoms with van der Waals surface area (Å²) in [6.45, 7) is 5.95. The molecule has 0 atom stereocenters. The molecule has 0 N–H and O–H groups in total. The van der Waals surface area contributed by atoms with Gasteiger partial charge < -0.3 is 9.80 Å². The molecule has 0 spiro atoms. The van der Waals surface area contributed by atoms with E-state index >= 15 is 0 Å². The first-order valence-electron chi connectivity index (χ1n) is 7.36. The van der Waals surface area contributed by atoms with Crippen LogP contribution >= 0.6 is 0 Å². The van der Waals surface area contributed by atoms with E-state index in [4.69, 9.17) is 0 Å². The normalized spacial score (nSPS) is 18.9. The molecule has 2 heterocycles. The number of carbonyl (C=O) groups excluding carboxylic acids is 2. The number of ketones is 1. The minimum Gasteiger partial charge on any atom is -0.304 e. The van der Waals surface area contributed by atoms with Crippen molar-refractivity contribution in [3.63, 3.8) is 0 Å². The molecule has 0 unspecified atom stereocenters. The van der Waals surface area contributed by atoms with Crippen molar-refractivity contribution in [1.29, 1.82) is 0 Å². The second kappa shape index (κ2) is 5.37. The van der Waals surface area contributed by atoms with Gasteiger partial charge in [0.15, 0.2) is 0 Å². The van der Waals surface area contributed by atoms with Gasteiger partial charge in [-0.3, -0.25) is 9.59 Å². The van der Waals surface area contributed by atoms with Crippen LogP contribution in [0.1, 0.15) is 35.2 Å². The minimum absolute atomic E-state index is 0.357. The molecule has 4 nitrogen and oxygen atoms in total. The molecular weight excluding hydrogens is 252 g/mol. The summed E-state index contributed by atoms with van der Waals surface area (Å²) in [6.07, 6.45) is 3.49. The maximum atomic E-state index is 12.1. The Kier molecular flexibility index (Phi) is 3.57. The molecule has 1 aromatic rings. The molecule has 1 amide bonds. The van der Waals surface area contributed by atoms with E-state index in [1.54, 1.807) is 11.0 Å². The third-order valence-electron chi connectivity index (χ3n) is 4.25. The van der Waals surface area contributed by atoms with Crippen LogP contribution in [-0.2, 0) is 4.79 Å². The Morgan fingerprint density at radius 2 is 1.85 bits per heavy atom. The molecule has 0 aliphatic carbocycles. The van der Waals surface area contributed by atoms with Gasteiger partial charge in [-0.25, -0.2) is 0 Å². The van der Waals surface area contributed by atoms with Crippen LogP contribution in [0.2, 0.25) is 0 Å². The standard InChI is InChI=1S/C16H20N2O2/c1-12-6-4-7-13-14(12)18(16(20)15(13)19)11-5-10-17-8-2-3-9-17/h4,6-7H,2-3,5,8-11H2,1H3. The average molecular weight is 272 g/mol. The fraction of sp³-hybridized carbons (Fsp3) is 0.500. The Labute approximate surface area is 119 Å². The topological polar surface area (TPSA) is 40.6 Å². The number of likely N-dealkylation sites (tertiary alicyclic amines) is 1. The largest absolute Gasteiger partial charge is 0.304 e. The van der Waals surface area contributed by atoms with Crippen molar-refractivity contribution in [3.05, 3.63) is 29.3 Å². The van der Waals surface area contributed by atoms with Crippen molar-refractivity contribution in [2.75, 3.05) is 31.1 Å². The fourth-order valence-corrected chi connectivity index (χ4v) is 3.21. The highest BCUT2D eigenvalue weighted by Gasteiger charge is 2.36. The van der Waals surface area contributed by atoms with Crippen LogP contribution < -0.4 is 4.90 Å². The minimum atomic E-state index is -0.365. The van der Waals surface area contributed by atoms with Gasteiger partial charge in [0.1, 0.15) is 0 Å². The number of amides is 1. The van der Waals surface area contributed by atoms with Gasteiger partial charge in [0.25, 0.3) is 11.7 Å². The van der Waals surface area contributed by atoms with Crippen molar-refractivity contribution in [2.45, 2.75) is 26.2 Å². The van der Waals surface area contributed by atoms with Crippen LogP contribution in [0.25, 0.3) is 0 Å². The molecule has 0 saturated carbocycles. The number of para-hydroxylation sites is 1. The van der Waals surface area contributed by atoms with Crippen LogP contribution in [-0.4, -0.2) is 42.8 Å². The molecule has 0 radical (unpaired) electrons. The zero-order valence-corrected chi connectivity index (χ0v) is 11.9. The number of anilines is 1. The smallest absolute Gasteiger partial charge is 0.299 e. The van der Waals surface area contributed by atoms with Crippen LogP contribution in [0.15, 0.2) is 18.2 Å². The summed E-state index contributed by atoms with van der Waals surface area (Å²) in [5.41, 5.74) is 2.39. The van der Waals surface area contributed by atoms with Crippen molar-refractivity contribution in [2.24, 2.45) is 0 Å². The molecule has 1 saturated heterocycles. The number of hydrogen-bond donors (Lipinski definition) is 0. The van der Waals surface area contributed by atoms with Crippen LogP contribution in [0.4, 0.5) is 5.69 Å². The second-order valence-electron chi connectivity index (χ2n) is 5.66. The number of nitrogens with zero attached hydrogens (tertiary/aromatic N) is 2. The molecule has 20 heavy (non-hydrogen) atoms. The lowest BCUT2D eigenvalue weighted by Gasteiger charge is -2.20. The van der Waals surface area contributed by atoms with E-state index in [1.807, 2.05) is 19.1 Å². The summed E-state index contributed by atoms with van der Waals surface area (Å²) in [5.74, 6) is -0.722. The Morgan fingerprint density at radius 3 is 2.60 bits per heavy atom. The highest BCUT2D eigenvalue weighted by atomic mass is 16.2. The Morgan fingerprint density at radius 1 is 1.10 bits per heavy atom. The van der Waals surface area contributed by atoms with Crippen LogP contribution in [0, 0.1) is 6.92 Å². The SMILES string of the molecule is Cc1cccc2c1N(CCCN1CCCC1)C(=O)C2=O. The van der Waals surface area contributed by atoms with Gasteiger partial charge in [0.2, 0.25) is 0 Å². The monoisotopic (exact) mass is 272 g/mol. The lowest BCUT2D eigenvalue weighted by molar-refractivity contribution is -0.114. The Balaban J connectivity index is 1.70. The second-order valence-corrected chi connectivity index (χ2v) is 5.66. The molecule has 2 aliphatic heterocycles. The van der Waals surface area contributed by atoms with E-state index in [2.05, 4.69) is 4.90 Å². The third kappa shape index (κ3) is 2.24.